The molecule has 156 valence electrons. The maximum Gasteiger partial charge on any atom is 0.347 e. The first-order valence-corrected chi connectivity index (χ1v) is 10.7. The van der Waals surface area contributed by atoms with Gasteiger partial charge in [-0.25, -0.2) is 4.79 Å². The smallest absolute Gasteiger partial charge is 0.347 e. The zero-order valence-corrected chi connectivity index (χ0v) is 17.2. The Kier molecular flexibility index (Phi) is 6.66. The van der Waals surface area contributed by atoms with Crippen molar-refractivity contribution in [2.75, 3.05) is 13.2 Å². The third kappa shape index (κ3) is 4.76. The first-order valence-electron chi connectivity index (χ1n) is 9.31. The summed E-state index contributed by atoms with van der Waals surface area (Å²) in [6.07, 6.45) is 0. The largest absolute Gasteiger partial charge is 0.461 e. The molecule has 0 radical (unpaired) electrons. The fraction of sp³-hybridized carbons (Fsp3) is 0.174. The molecule has 1 N–H and O–H groups in total. The molecular weight excluding hydrogens is 404 g/mol. The second-order valence-corrected chi connectivity index (χ2v) is 8.28. The summed E-state index contributed by atoms with van der Waals surface area (Å²) in [6.45, 7) is 1.13. The van der Waals surface area contributed by atoms with E-state index < -0.39 is 21.7 Å². The third-order valence-corrected chi connectivity index (χ3v) is 5.87. The van der Waals surface area contributed by atoms with Crippen molar-refractivity contribution in [3.05, 3.63) is 102 Å². The van der Waals surface area contributed by atoms with Gasteiger partial charge in [0.2, 0.25) is 5.60 Å². The Morgan fingerprint density at radius 1 is 0.833 bits per heavy atom. The maximum absolute atomic E-state index is 12.8. The van der Waals surface area contributed by atoms with Crippen LogP contribution in [0.5, 0.6) is 0 Å². The first-order chi connectivity index (χ1) is 14.3. The lowest BCUT2D eigenvalue weighted by molar-refractivity contribution is -0.162. The summed E-state index contributed by atoms with van der Waals surface area (Å²) in [7, 11) is -3.97. The summed E-state index contributed by atoms with van der Waals surface area (Å²) in [5.41, 5.74) is -0.425. The summed E-state index contributed by atoms with van der Waals surface area (Å²) in [5.74, 6) is -0.920. The highest BCUT2D eigenvalue weighted by Crippen LogP contribution is 2.31. The van der Waals surface area contributed by atoms with Crippen molar-refractivity contribution in [3.8, 4) is 0 Å². The minimum atomic E-state index is -3.97. The van der Waals surface area contributed by atoms with Crippen molar-refractivity contribution >= 4 is 16.1 Å². The SMILES string of the molecule is Cc1ccc(S(=O)(=O)OCCOC(=O)C(O)(c2ccccc2)c2ccccc2)cc1. The van der Waals surface area contributed by atoms with Crippen LogP contribution in [0.25, 0.3) is 0 Å². The van der Waals surface area contributed by atoms with Crippen molar-refractivity contribution < 1.29 is 27.2 Å². The average molecular weight is 426 g/mol. The van der Waals surface area contributed by atoms with Gasteiger partial charge in [0.25, 0.3) is 10.1 Å². The van der Waals surface area contributed by atoms with Gasteiger partial charge in [-0.05, 0) is 30.2 Å². The van der Waals surface area contributed by atoms with Crippen molar-refractivity contribution in [2.45, 2.75) is 17.4 Å². The lowest BCUT2D eigenvalue weighted by Gasteiger charge is -2.27. The van der Waals surface area contributed by atoms with Gasteiger partial charge in [-0.2, -0.15) is 8.42 Å². The van der Waals surface area contributed by atoms with Gasteiger partial charge in [-0.15, -0.1) is 0 Å². The highest BCUT2D eigenvalue weighted by Gasteiger charge is 2.41. The van der Waals surface area contributed by atoms with Crippen LogP contribution in [-0.4, -0.2) is 32.7 Å². The molecule has 0 saturated heterocycles. The van der Waals surface area contributed by atoms with Crippen LogP contribution in [0.1, 0.15) is 16.7 Å². The number of hydrogen-bond donors (Lipinski definition) is 1. The van der Waals surface area contributed by atoms with E-state index in [9.17, 15) is 18.3 Å². The van der Waals surface area contributed by atoms with Crippen LogP contribution in [0.4, 0.5) is 0 Å². The molecule has 0 unspecified atom stereocenters. The molecule has 0 fully saturated rings. The lowest BCUT2D eigenvalue weighted by atomic mass is 9.86. The predicted octanol–water partition coefficient (Wildman–Crippen LogP) is 3.18. The second kappa shape index (κ2) is 9.21. The molecule has 0 atom stereocenters. The molecule has 0 aliphatic heterocycles. The van der Waals surface area contributed by atoms with Gasteiger partial charge in [-0.1, -0.05) is 78.4 Å². The predicted molar refractivity (Wildman–Crippen MR) is 111 cm³/mol. The molecule has 3 aromatic carbocycles. The van der Waals surface area contributed by atoms with E-state index in [1.807, 2.05) is 6.92 Å². The minimum absolute atomic E-state index is 0.0181. The van der Waals surface area contributed by atoms with E-state index in [2.05, 4.69) is 0 Å². The molecule has 0 aliphatic rings. The number of ether oxygens (including phenoxy) is 1. The summed E-state index contributed by atoms with van der Waals surface area (Å²) in [6, 6.07) is 23.0. The van der Waals surface area contributed by atoms with Crippen LogP contribution in [-0.2, 0) is 29.4 Å². The van der Waals surface area contributed by atoms with Gasteiger partial charge in [0.1, 0.15) is 13.2 Å². The standard InChI is InChI=1S/C23H22O6S/c1-18-12-14-21(15-13-18)30(26,27)29-17-16-28-22(24)23(25,19-8-4-2-5-9-19)20-10-6-3-7-11-20/h2-15,25H,16-17H2,1H3. The number of carbonyl (C=O) groups excluding carboxylic acids is 1. The van der Waals surface area contributed by atoms with Crippen LogP contribution in [0.15, 0.2) is 89.8 Å². The molecule has 0 saturated carbocycles. The molecule has 0 aliphatic carbocycles. The molecule has 3 rings (SSSR count). The second-order valence-electron chi connectivity index (χ2n) is 6.67. The van der Waals surface area contributed by atoms with Crippen LogP contribution >= 0.6 is 0 Å². The number of aryl methyl sites for hydroxylation is 1. The molecule has 6 nitrogen and oxygen atoms in total. The lowest BCUT2D eigenvalue weighted by Crippen LogP contribution is -2.39. The highest BCUT2D eigenvalue weighted by molar-refractivity contribution is 7.86. The molecule has 30 heavy (non-hydrogen) atoms. The number of rotatable bonds is 8. The van der Waals surface area contributed by atoms with Gasteiger partial charge in [0.15, 0.2) is 0 Å². The number of benzene rings is 3. The third-order valence-electron chi connectivity index (χ3n) is 4.54. The molecule has 0 heterocycles. The van der Waals surface area contributed by atoms with E-state index in [0.717, 1.165) is 5.56 Å². The van der Waals surface area contributed by atoms with Gasteiger partial charge in [0, 0.05) is 0 Å². The number of carbonyl (C=O) groups is 1. The summed E-state index contributed by atoms with van der Waals surface area (Å²) in [4.78, 5) is 12.8. The van der Waals surface area contributed by atoms with E-state index >= 15 is 0 Å². The zero-order chi connectivity index (χ0) is 21.6. The normalized spacial score (nSPS) is 11.8. The average Bonchev–Trinajstić information content (AvgIpc) is 2.77. The van der Waals surface area contributed by atoms with Crippen LogP contribution in [0.2, 0.25) is 0 Å². The molecule has 0 aromatic heterocycles. The highest BCUT2D eigenvalue weighted by atomic mass is 32.2. The quantitative estimate of drug-likeness (QED) is 0.338. The van der Waals surface area contributed by atoms with Crippen LogP contribution in [0, 0.1) is 6.92 Å². The van der Waals surface area contributed by atoms with Crippen molar-refractivity contribution in [1.82, 2.24) is 0 Å². The van der Waals surface area contributed by atoms with E-state index in [-0.39, 0.29) is 18.1 Å². The van der Waals surface area contributed by atoms with Gasteiger partial charge < -0.3 is 9.84 Å². The van der Waals surface area contributed by atoms with Gasteiger partial charge in [-0.3, -0.25) is 4.18 Å². The number of aliphatic hydroxyl groups is 1. The van der Waals surface area contributed by atoms with Crippen molar-refractivity contribution in [1.29, 1.82) is 0 Å². The Balaban J connectivity index is 1.69. The Morgan fingerprint density at radius 3 is 1.83 bits per heavy atom. The van der Waals surface area contributed by atoms with E-state index in [1.54, 1.807) is 72.8 Å². The van der Waals surface area contributed by atoms with Crippen LogP contribution in [0.3, 0.4) is 0 Å². The molecule has 0 bridgehead atoms. The molecular formula is C23H22O6S. The Morgan fingerprint density at radius 2 is 1.33 bits per heavy atom. The number of hydrogen-bond acceptors (Lipinski definition) is 6. The maximum atomic E-state index is 12.8. The molecule has 3 aromatic rings. The summed E-state index contributed by atoms with van der Waals surface area (Å²) in [5, 5.41) is 11.3. The van der Waals surface area contributed by atoms with E-state index in [0.29, 0.717) is 11.1 Å². The van der Waals surface area contributed by atoms with E-state index in [4.69, 9.17) is 8.92 Å². The fourth-order valence-electron chi connectivity index (χ4n) is 2.92. The minimum Gasteiger partial charge on any atom is -0.461 e. The monoisotopic (exact) mass is 426 g/mol. The topological polar surface area (TPSA) is 89.9 Å². The van der Waals surface area contributed by atoms with Crippen molar-refractivity contribution in [3.63, 3.8) is 0 Å². The fourth-order valence-corrected chi connectivity index (χ4v) is 3.81. The Labute approximate surface area is 175 Å². The van der Waals surface area contributed by atoms with Crippen molar-refractivity contribution in [2.24, 2.45) is 0 Å². The molecule has 0 spiro atoms. The van der Waals surface area contributed by atoms with E-state index in [1.165, 1.54) is 12.1 Å². The summed E-state index contributed by atoms with van der Waals surface area (Å²) >= 11 is 0. The number of esters is 1. The zero-order valence-electron chi connectivity index (χ0n) is 16.4. The molecule has 7 heteroatoms. The van der Waals surface area contributed by atoms with Gasteiger partial charge in [0.05, 0.1) is 4.90 Å². The van der Waals surface area contributed by atoms with Gasteiger partial charge >= 0.3 is 5.97 Å². The molecule has 0 amide bonds. The first kappa shape index (κ1) is 21.7. The summed E-state index contributed by atoms with van der Waals surface area (Å²) < 4.78 is 34.6. The Hall–Kier alpha value is -3.00. The van der Waals surface area contributed by atoms with Crippen LogP contribution < -0.4 is 0 Å². The Bertz CT molecular complexity index is 1040.